The molecule has 0 saturated heterocycles. The highest BCUT2D eigenvalue weighted by Crippen LogP contribution is 2.35. The predicted molar refractivity (Wildman–Crippen MR) is 506 cm³/mol. The van der Waals surface area contributed by atoms with E-state index in [9.17, 15) is 128 Å². The minimum atomic E-state index is -4.88. The molecule has 136 heavy (non-hydrogen) atoms. The van der Waals surface area contributed by atoms with Crippen LogP contribution in [0.25, 0.3) is 21.5 Å². The highest BCUT2D eigenvalue weighted by atomic mass is 32.2. The Labute approximate surface area is 804 Å². The number of carboxylic acids is 8. The Morgan fingerprint density at radius 2 is 0.757 bits per heavy atom. The molecule has 0 aliphatic carbocycles. The Kier molecular flexibility index (Phi) is 56.1. The van der Waals surface area contributed by atoms with Gasteiger partial charge in [0.15, 0.2) is 10.2 Å². The van der Waals surface area contributed by atoms with E-state index >= 15 is 0 Å². The highest BCUT2D eigenvalue weighted by Gasteiger charge is 2.31. The molecular weight excluding hydrogens is 2010 g/mol. The van der Waals surface area contributed by atoms with E-state index in [1.54, 1.807) is 38.2 Å². The van der Waals surface area contributed by atoms with E-state index < -0.39 is 184 Å². The molecule has 8 amide bonds. The zero-order chi connectivity index (χ0) is 105. The van der Waals surface area contributed by atoms with Crippen molar-refractivity contribution in [2.24, 2.45) is 0 Å². The van der Waals surface area contributed by atoms with Gasteiger partial charge in [0.1, 0.15) is 34.0 Å². The number of sulfonamides is 1. The van der Waals surface area contributed by atoms with Crippen LogP contribution in [-0.4, -0.2) is 314 Å². The molecule has 0 fully saturated rings. The van der Waals surface area contributed by atoms with Gasteiger partial charge in [-0.25, -0.2) is 32.3 Å². The summed E-state index contributed by atoms with van der Waals surface area (Å²) in [5.41, 5.74) is 1.12. The van der Waals surface area contributed by atoms with Crippen molar-refractivity contribution in [2.45, 2.75) is 152 Å². The lowest BCUT2D eigenvalue weighted by atomic mass is 10.1. The summed E-state index contributed by atoms with van der Waals surface area (Å²) in [7, 11) is -15.5. The normalized spacial score (nSPS) is 12.5. The van der Waals surface area contributed by atoms with Crippen LogP contribution in [0.3, 0.4) is 0 Å². The van der Waals surface area contributed by atoms with E-state index in [0.29, 0.717) is 35.1 Å². The molecule has 5 aromatic rings. The number of carboxylic acid groups (broad SMARTS) is 8. The molecular formula is C75H106N14O37S10. The molecule has 0 aliphatic heterocycles. The Hall–Kier alpha value is -11.8. The lowest BCUT2D eigenvalue weighted by molar-refractivity contribution is -0.142. The molecule has 51 nitrogen and oxygen atoms in total. The third-order valence-corrected chi connectivity index (χ3v) is 24.4. The fourth-order valence-corrected chi connectivity index (χ4v) is 16.6. The molecule has 0 spiro atoms. The molecule has 0 bridgehead atoms. The van der Waals surface area contributed by atoms with Crippen LogP contribution in [0.1, 0.15) is 101 Å². The number of aliphatic carboxylic acids is 8. The van der Waals surface area contributed by atoms with Crippen molar-refractivity contribution in [2.75, 3.05) is 86.7 Å². The Bertz CT molecular complexity index is 5610. The quantitative estimate of drug-likeness (QED) is 0.0147. The number of hydrogen-bond acceptors (Lipinski definition) is 31. The van der Waals surface area contributed by atoms with Crippen LogP contribution in [0, 0.1) is 0 Å². The second-order valence-electron chi connectivity index (χ2n) is 27.6. The minimum absolute atomic E-state index is 0.0377. The van der Waals surface area contributed by atoms with Gasteiger partial charge in [0, 0.05) is 156 Å². The zero-order valence-corrected chi connectivity index (χ0v) is 81.6. The minimum Gasteiger partial charge on any atom is -0.481 e. The van der Waals surface area contributed by atoms with Crippen LogP contribution < -0.4 is 73.8 Å². The first-order chi connectivity index (χ1) is 63.1. The maximum Gasteiger partial charge on any atom is 0.326 e. The Morgan fingerprint density at radius 3 is 1.10 bits per heavy atom. The van der Waals surface area contributed by atoms with Crippen molar-refractivity contribution in [3.63, 3.8) is 0 Å². The Balaban J connectivity index is 0.00000162. The SMILES string of the molecule is CCC(=O)Nc1cccc2cc(S(=O)(=O)O)cc(S(=O)(=O)O)c12.CNC(=O)CC(CS)NC(=S)NC(CCC(=O)O)C(=O)O.CNC(=O)CC(CSC)NC(=O)NC(CCC(=O)O)C(=O)O.CNC(=O)CC(CSC)NC(=S)NC(CCC(=O)O)C(=O)O.CNC(=O)CCS(=O)(=O)NC(CCC(=O)O)C(=O)O.CNc1cccc(C(=O)Nc2cccc3cc(S(=O)(=O)O)cc(S(=O)(=O)O)c23)c1. The van der Waals surface area contributed by atoms with Crippen LogP contribution in [0.15, 0.2) is 105 Å². The molecule has 0 radical (unpaired) electrons. The van der Waals surface area contributed by atoms with Gasteiger partial charge in [-0.1, -0.05) is 37.3 Å². The van der Waals surface area contributed by atoms with Gasteiger partial charge in [-0.05, 0) is 128 Å². The van der Waals surface area contributed by atoms with Crippen LogP contribution in [0.4, 0.5) is 21.9 Å². The van der Waals surface area contributed by atoms with Crippen molar-refractivity contribution in [1.82, 2.24) is 57.9 Å². The smallest absolute Gasteiger partial charge is 0.326 e. The van der Waals surface area contributed by atoms with E-state index in [1.807, 2.05) is 17.2 Å². The van der Waals surface area contributed by atoms with Gasteiger partial charge < -0.3 is 110 Å². The second kappa shape index (κ2) is 61.4. The first-order valence-corrected chi connectivity index (χ1v) is 50.6. The van der Waals surface area contributed by atoms with Crippen LogP contribution in [0.5, 0.6) is 0 Å². The molecule has 7 unspecified atom stereocenters. The first-order valence-electron chi connectivity index (χ1n) is 38.9. The summed E-state index contributed by atoms with van der Waals surface area (Å²) in [6.45, 7) is 1.60. The number of urea groups is 1. The number of nitrogens with one attached hydrogen (secondary N) is 14. The monoisotopic (exact) mass is 2110 g/mol. The van der Waals surface area contributed by atoms with Gasteiger partial charge >= 0.3 is 53.8 Å². The van der Waals surface area contributed by atoms with Gasteiger partial charge in [0.05, 0.1) is 21.2 Å². The summed E-state index contributed by atoms with van der Waals surface area (Å²) in [5, 5.41) is 103. The average molecular weight is 2120 g/mol. The number of amides is 8. The topological polar surface area (TPSA) is 838 Å². The second-order valence-corrected chi connectivity index (χ2v) is 38.1. The highest BCUT2D eigenvalue weighted by molar-refractivity contribution is 7.98. The zero-order valence-electron chi connectivity index (χ0n) is 73.3. The van der Waals surface area contributed by atoms with E-state index in [4.69, 9.17) is 69.8 Å². The van der Waals surface area contributed by atoms with Gasteiger partial charge in [-0.15, -0.1) is 0 Å². The fourth-order valence-electron chi connectivity index (χ4n) is 10.6. The lowest BCUT2D eigenvalue weighted by Gasteiger charge is -2.22. The molecule has 0 aromatic heterocycles. The third-order valence-electron chi connectivity index (χ3n) is 17.2. The number of anilines is 3. The number of rotatable bonds is 47. The van der Waals surface area contributed by atoms with E-state index in [-0.39, 0.29) is 156 Å². The molecule has 5 rings (SSSR count). The predicted octanol–water partition coefficient (Wildman–Crippen LogP) is 0.979. The van der Waals surface area contributed by atoms with Crippen LogP contribution in [-0.2, 0) is 113 Å². The van der Waals surface area contributed by atoms with Crippen molar-refractivity contribution in [3.8, 4) is 0 Å². The average Bonchev–Trinajstić information content (AvgIpc) is 0.765. The summed E-state index contributed by atoms with van der Waals surface area (Å²) < 4.78 is 155. The number of hydrogen-bond donors (Lipinski definition) is 27. The summed E-state index contributed by atoms with van der Waals surface area (Å²) >= 11 is 17.0. The van der Waals surface area contributed by atoms with Crippen molar-refractivity contribution in [3.05, 3.63) is 90.5 Å². The molecule has 7 atom stereocenters. The van der Waals surface area contributed by atoms with E-state index in [1.165, 1.54) is 88.1 Å². The number of benzene rings is 5. The summed E-state index contributed by atoms with van der Waals surface area (Å²) in [4.78, 5) is 164. The molecule has 61 heteroatoms. The van der Waals surface area contributed by atoms with Crippen molar-refractivity contribution in [1.29, 1.82) is 0 Å². The summed E-state index contributed by atoms with van der Waals surface area (Å²) in [6.07, 6.45) is 1.72. The summed E-state index contributed by atoms with van der Waals surface area (Å²) in [5.74, 6) is -10.9. The van der Waals surface area contributed by atoms with Crippen molar-refractivity contribution < 1.29 is 173 Å². The number of carbonyl (C=O) groups excluding carboxylic acids is 7. The Morgan fingerprint density at radius 1 is 0.404 bits per heavy atom. The number of thiocarbonyl (C=S) groups is 2. The number of carbonyl (C=O) groups is 15. The lowest BCUT2D eigenvalue weighted by Crippen LogP contribution is -2.50. The summed E-state index contributed by atoms with van der Waals surface area (Å²) in [6, 6.07) is 11.6. The van der Waals surface area contributed by atoms with Crippen LogP contribution in [0.2, 0.25) is 0 Å². The number of fused-ring (bicyclic) bond motifs is 2. The third kappa shape index (κ3) is 50.2. The maximum atomic E-state index is 12.6. The number of thioether (sulfide) groups is 2. The number of thiol groups is 1. The molecule has 758 valence electrons. The largest absolute Gasteiger partial charge is 0.481 e. The maximum absolute atomic E-state index is 12.6. The van der Waals surface area contributed by atoms with Gasteiger partial charge in [-0.2, -0.15) is 69.8 Å². The molecule has 0 aliphatic rings. The molecule has 0 saturated carbocycles. The standard InChI is InChI=1S/C18H16N2O7S2.C13H13NO7S2.C12H21N3O6S.C12H21N3O5S2.C11H19N3O5S2.C9H16N2O7S/c1-19-13-6-2-5-12(8-13)18(21)20-15-7-3-4-11-9-14(28(22,23)24)10-16(17(11)15)29(25,26)27;1-2-12(15)14-10-5-3-4-8-6-9(22(16,17)18)7-11(13(8)10)23(19,20)21;2*1-13-9(16)5-7(6-22-2)14-12(21)15-8(11(19)20)3-4-10(17)18;1-12-8(15)4-6(5-20)13-11(21)14-7(10(18)19)2-3-9(16)17;1-10-7(12)4-5-19(17,18)11-6(9(15)16)2-3-8(13)14/h2-10,19H,1H3,(H,20,21)(H,22,23,24)(H,25,26,27);3-7H,2H2,1H3,(H,14,15)(H,16,17,18)(H,19,20,21);2*7-8H,3-6H2,1-2H3,(H,13,16)(H,17,18)(H,19,20)(H2,14,15,21);6-7,20H,2-5H2,1H3,(H,12,15)(H,16,17)(H,18,19)(H2,13,14,21);6,11H,2-5H2,1H3,(H,10,12)(H,13,14)(H,15,16). The van der Waals surface area contributed by atoms with Crippen LogP contribution >= 0.6 is 60.6 Å². The van der Waals surface area contributed by atoms with Gasteiger partial charge in [0.25, 0.3) is 46.4 Å². The van der Waals surface area contributed by atoms with E-state index in [0.717, 1.165) is 12.1 Å². The van der Waals surface area contributed by atoms with Gasteiger partial charge in [0.2, 0.25) is 39.6 Å². The molecule has 5 aromatic carbocycles. The van der Waals surface area contributed by atoms with E-state index in [2.05, 4.69) is 81.7 Å². The van der Waals surface area contributed by atoms with Crippen molar-refractivity contribution >= 4 is 249 Å². The molecule has 0 heterocycles. The van der Waals surface area contributed by atoms with Gasteiger partial charge in [-0.3, -0.25) is 71.0 Å². The fraction of sp³-hybridized carbons (Fsp3) is 0.427. The molecule has 26 N–H and O–H groups in total. The first kappa shape index (κ1) is 124.